The lowest BCUT2D eigenvalue weighted by Crippen LogP contribution is -2.48. The van der Waals surface area contributed by atoms with Gasteiger partial charge in [0, 0.05) is 6.04 Å². The monoisotopic (exact) mass is 344 g/mol. The van der Waals surface area contributed by atoms with E-state index in [4.69, 9.17) is 0 Å². The van der Waals surface area contributed by atoms with Crippen molar-refractivity contribution in [3.63, 3.8) is 0 Å². The Kier molecular flexibility index (Phi) is 6.49. The number of alkyl halides is 3. The number of likely N-dealkylation sites (tertiary alicyclic amines) is 1. The van der Waals surface area contributed by atoms with Gasteiger partial charge in [-0.1, -0.05) is 12.8 Å². The van der Waals surface area contributed by atoms with Crippen LogP contribution in [0.1, 0.15) is 32.1 Å². The van der Waals surface area contributed by atoms with Crippen molar-refractivity contribution in [2.45, 2.75) is 50.4 Å². The summed E-state index contributed by atoms with van der Waals surface area (Å²) in [7, 11) is 0. The highest BCUT2D eigenvalue weighted by molar-refractivity contribution is 5.85. The van der Waals surface area contributed by atoms with Gasteiger partial charge in [-0.3, -0.25) is 14.5 Å². The second kappa shape index (κ2) is 7.50. The van der Waals surface area contributed by atoms with Crippen LogP contribution in [0.3, 0.4) is 0 Å². The number of carboxylic acid groups (broad SMARTS) is 1. The lowest BCUT2D eigenvalue weighted by Gasteiger charge is -2.32. The number of hydrogen-bond donors (Lipinski definition) is 2. The number of carbonyl (C=O) groups is 2. The number of carboxylic acids is 1. The van der Waals surface area contributed by atoms with E-state index in [0.29, 0.717) is 6.42 Å². The Morgan fingerprint density at radius 2 is 1.86 bits per heavy atom. The van der Waals surface area contributed by atoms with Gasteiger partial charge >= 0.3 is 12.1 Å². The van der Waals surface area contributed by atoms with Crippen LogP contribution in [0.2, 0.25) is 0 Å². The van der Waals surface area contributed by atoms with E-state index in [2.05, 4.69) is 0 Å². The van der Waals surface area contributed by atoms with E-state index in [1.165, 1.54) is 0 Å². The number of halogens is 4. The Bertz CT molecular complexity index is 420. The molecular weight excluding hydrogens is 325 g/mol. The van der Waals surface area contributed by atoms with E-state index >= 15 is 0 Å². The van der Waals surface area contributed by atoms with Gasteiger partial charge < -0.3 is 10.4 Å². The van der Waals surface area contributed by atoms with Crippen LogP contribution in [0.4, 0.5) is 13.2 Å². The molecule has 0 aromatic carbocycles. The first kappa shape index (κ1) is 19.0. The maximum absolute atomic E-state index is 12.1. The maximum atomic E-state index is 12.1. The molecule has 22 heavy (non-hydrogen) atoms. The van der Waals surface area contributed by atoms with E-state index in [0.717, 1.165) is 25.7 Å². The van der Waals surface area contributed by atoms with E-state index in [1.807, 2.05) is 0 Å². The quantitative estimate of drug-likeness (QED) is 0.816. The molecule has 1 aliphatic heterocycles. The normalized spacial score (nSPS) is 28.6. The molecule has 1 amide bonds. The van der Waals surface area contributed by atoms with Crippen LogP contribution in [0.5, 0.6) is 0 Å². The fourth-order valence-electron chi connectivity index (χ4n) is 3.44. The first-order valence-corrected chi connectivity index (χ1v) is 7.10. The fraction of sp³-hybridized carbons (Fsp3) is 0.846. The average molecular weight is 345 g/mol. The Morgan fingerprint density at radius 1 is 1.23 bits per heavy atom. The van der Waals surface area contributed by atoms with Gasteiger partial charge in [0.2, 0.25) is 5.91 Å². The van der Waals surface area contributed by atoms with Gasteiger partial charge in [-0.15, -0.1) is 12.4 Å². The summed E-state index contributed by atoms with van der Waals surface area (Å²) in [5.41, 5.74) is 0. The molecule has 2 aliphatic rings. The zero-order valence-corrected chi connectivity index (χ0v) is 12.8. The van der Waals surface area contributed by atoms with Crippen molar-refractivity contribution in [2.75, 3.05) is 13.1 Å². The number of amides is 1. The molecule has 0 bridgehead atoms. The predicted octanol–water partition coefficient (Wildman–Crippen LogP) is 1.80. The van der Waals surface area contributed by atoms with Gasteiger partial charge in [0.05, 0.1) is 6.54 Å². The smallest absolute Gasteiger partial charge is 0.405 e. The summed E-state index contributed by atoms with van der Waals surface area (Å²) in [6.07, 6.45) is -0.237. The van der Waals surface area contributed by atoms with Gasteiger partial charge in [-0.2, -0.15) is 13.2 Å². The molecule has 1 saturated carbocycles. The molecule has 0 spiro atoms. The van der Waals surface area contributed by atoms with Crippen molar-refractivity contribution in [3.05, 3.63) is 0 Å². The van der Waals surface area contributed by atoms with Gasteiger partial charge in [-0.05, 0) is 25.2 Å². The van der Waals surface area contributed by atoms with Gasteiger partial charge in [-0.25, -0.2) is 0 Å². The molecule has 2 fully saturated rings. The maximum Gasteiger partial charge on any atom is 0.405 e. The summed E-state index contributed by atoms with van der Waals surface area (Å²) in [4.78, 5) is 24.5. The number of rotatable bonds is 4. The molecule has 0 aromatic heterocycles. The number of nitrogens with one attached hydrogen (secondary N) is 1. The molecule has 1 saturated heterocycles. The minimum absolute atomic E-state index is 0. The Morgan fingerprint density at radius 3 is 2.45 bits per heavy atom. The van der Waals surface area contributed by atoms with E-state index < -0.39 is 30.6 Å². The minimum atomic E-state index is -4.46. The predicted molar refractivity (Wildman–Crippen MR) is 74.8 cm³/mol. The van der Waals surface area contributed by atoms with Crippen LogP contribution in [0, 0.1) is 5.92 Å². The lowest BCUT2D eigenvalue weighted by atomic mass is 9.85. The Hall–Kier alpha value is -1.02. The summed E-state index contributed by atoms with van der Waals surface area (Å²) in [5, 5.41) is 11.1. The highest BCUT2D eigenvalue weighted by atomic mass is 35.5. The molecule has 128 valence electrons. The SMILES string of the molecule is Cl.O=C(CN1C(C(=O)O)CC2CCCCC21)NCC(F)(F)F. The molecule has 1 aliphatic carbocycles. The van der Waals surface area contributed by atoms with Crippen molar-refractivity contribution >= 4 is 24.3 Å². The van der Waals surface area contributed by atoms with Crippen molar-refractivity contribution in [3.8, 4) is 0 Å². The summed E-state index contributed by atoms with van der Waals surface area (Å²) >= 11 is 0. The standard InChI is InChI=1S/C13H19F3N2O3.ClH/c14-13(15,16)7-17-11(19)6-18-9-4-2-1-3-8(9)5-10(18)12(20)21;/h8-10H,1-7H2,(H,17,19)(H,20,21);1H. The number of aliphatic carboxylic acids is 1. The van der Waals surface area contributed by atoms with Crippen molar-refractivity contribution in [2.24, 2.45) is 5.92 Å². The van der Waals surface area contributed by atoms with E-state index in [1.54, 1.807) is 10.2 Å². The van der Waals surface area contributed by atoms with Crippen LogP contribution in [-0.4, -0.2) is 53.2 Å². The van der Waals surface area contributed by atoms with Gasteiger partial charge in [0.1, 0.15) is 12.6 Å². The Balaban J connectivity index is 0.00000242. The zero-order valence-electron chi connectivity index (χ0n) is 11.9. The lowest BCUT2D eigenvalue weighted by molar-refractivity contribution is -0.145. The molecule has 2 N–H and O–H groups in total. The van der Waals surface area contributed by atoms with Crippen molar-refractivity contribution in [1.82, 2.24) is 10.2 Å². The first-order chi connectivity index (χ1) is 9.78. The molecule has 3 unspecified atom stereocenters. The van der Waals surface area contributed by atoms with Gasteiger partial charge in [0.25, 0.3) is 0 Å². The third-order valence-corrected chi connectivity index (χ3v) is 4.32. The third kappa shape index (κ3) is 4.74. The van der Waals surface area contributed by atoms with E-state index in [-0.39, 0.29) is 30.9 Å². The molecule has 2 rings (SSSR count). The molecule has 0 radical (unpaired) electrons. The molecule has 9 heteroatoms. The van der Waals surface area contributed by atoms with Gasteiger partial charge in [0.15, 0.2) is 0 Å². The Labute approximate surface area is 132 Å². The topological polar surface area (TPSA) is 69.6 Å². The van der Waals surface area contributed by atoms with Crippen molar-refractivity contribution < 1.29 is 27.9 Å². The van der Waals surface area contributed by atoms with Crippen LogP contribution in [0.15, 0.2) is 0 Å². The molecule has 5 nitrogen and oxygen atoms in total. The second-order valence-electron chi connectivity index (χ2n) is 5.77. The summed E-state index contributed by atoms with van der Waals surface area (Å²) in [6, 6.07) is -0.772. The summed E-state index contributed by atoms with van der Waals surface area (Å²) in [6.45, 7) is -1.67. The second-order valence-corrected chi connectivity index (χ2v) is 5.77. The highest BCUT2D eigenvalue weighted by Crippen LogP contribution is 2.39. The molecule has 0 aromatic rings. The molecule has 3 atom stereocenters. The number of carbonyl (C=O) groups excluding carboxylic acids is 1. The first-order valence-electron chi connectivity index (χ1n) is 7.10. The number of nitrogens with zero attached hydrogens (tertiary/aromatic N) is 1. The van der Waals surface area contributed by atoms with Crippen LogP contribution >= 0.6 is 12.4 Å². The van der Waals surface area contributed by atoms with Crippen LogP contribution in [-0.2, 0) is 9.59 Å². The van der Waals surface area contributed by atoms with E-state index in [9.17, 15) is 27.9 Å². The third-order valence-electron chi connectivity index (χ3n) is 4.32. The van der Waals surface area contributed by atoms with Crippen molar-refractivity contribution in [1.29, 1.82) is 0 Å². The fourth-order valence-corrected chi connectivity index (χ4v) is 3.44. The number of fused-ring (bicyclic) bond motifs is 1. The highest BCUT2D eigenvalue weighted by Gasteiger charge is 2.45. The molecular formula is C13H20ClF3N2O3. The average Bonchev–Trinajstić information content (AvgIpc) is 2.75. The zero-order chi connectivity index (χ0) is 15.6. The van der Waals surface area contributed by atoms with Crippen LogP contribution in [0.25, 0.3) is 0 Å². The number of hydrogen-bond acceptors (Lipinski definition) is 3. The largest absolute Gasteiger partial charge is 0.480 e. The minimum Gasteiger partial charge on any atom is -0.480 e. The molecule has 1 heterocycles. The summed E-state index contributed by atoms with van der Waals surface area (Å²) < 4.78 is 36.2. The van der Waals surface area contributed by atoms with Crippen LogP contribution < -0.4 is 5.32 Å². The summed E-state index contributed by atoms with van der Waals surface area (Å²) in [5.74, 6) is -1.55.